The second kappa shape index (κ2) is 6.17. The normalized spacial score (nSPS) is 11.5. The van der Waals surface area contributed by atoms with Gasteiger partial charge in [0.05, 0.1) is 11.9 Å². The number of amides is 1. The molecule has 0 radical (unpaired) electrons. The maximum Gasteiger partial charge on any atom is 0.412 e. The first-order chi connectivity index (χ1) is 11.3. The number of imidazole rings is 1. The fraction of sp³-hybridized carbons (Fsp3) is 0.222. The molecule has 0 unspecified atom stereocenters. The number of carbonyl (C=O) groups is 1. The molecule has 2 aromatic heterocycles. The van der Waals surface area contributed by atoms with Crippen LogP contribution in [-0.2, 0) is 4.74 Å². The molecule has 0 saturated carbocycles. The maximum atomic E-state index is 11.9. The summed E-state index contributed by atoms with van der Waals surface area (Å²) in [7, 11) is 0. The Morgan fingerprint density at radius 1 is 1.25 bits per heavy atom. The number of hydrogen-bond acceptors (Lipinski definition) is 3. The smallest absolute Gasteiger partial charge is 0.412 e. The largest absolute Gasteiger partial charge is 0.444 e. The van der Waals surface area contributed by atoms with Gasteiger partial charge in [0.25, 0.3) is 0 Å². The molecule has 0 aliphatic carbocycles. The topological polar surface area (TPSA) is 55.6 Å². The van der Waals surface area contributed by atoms with E-state index in [0.717, 1.165) is 16.9 Å². The van der Waals surface area contributed by atoms with Crippen molar-refractivity contribution in [1.82, 2.24) is 9.38 Å². The Morgan fingerprint density at radius 2 is 2.04 bits per heavy atom. The van der Waals surface area contributed by atoms with Gasteiger partial charge in [-0.25, -0.2) is 9.78 Å². The molecular weight excluding hydrogens is 326 g/mol. The highest BCUT2D eigenvalue weighted by Crippen LogP contribution is 2.25. The third-order valence-electron chi connectivity index (χ3n) is 3.28. The van der Waals surface area contributed by atoms with Crippen molar-refractivity contribution in [3.8, 4) is 11.3 Å². The van der Waals surface area contributed by atoms with E-state index in [1.54, 1.807) is 12.3 Å². The Morgan fingerprint density at radius 3 is 2.79 bits per heavy atom. The third-order valence-corrected chi connectivity index (χ3v) is 3.51. The van der Waals surface area contributed by atoms with Gasteiger partial charge in [0.2, 0.25) is 0 Å². The number of anilines is 1. The number of rotatable bonds is 2. The first-order valence-electron chi connectivity index (χ1n) is 7.55. The molecule has 0 bridgehead atoms. The van der Waals surface area contributed by atoms with Gasteiger partial charge in [0.1, 0.15) is 11.2 Å². The Hall–Kier alpha value is -2.53. The minimum atomic E-state index is -0.539. The number of nitrogens with zero attached hydrogens (tertiary/aromatic N) is 2. The number of pyridine rings is 1. The van der Waals surface area contributed by atoms with E-state index in [4.69, 9.17) is 16.3 Å². The van der Waals surface area contributed by atoms with Crippen molar-refractivity contribution in [2.45, 2.75) is 26.4 Å². The van der Waals surface area contributed by atoms with E-state index in [9.17, 15) is 4.79 Å². The van der Waals surface area contributed by atoms with Crippen molar-refractivity contribution in [2.24, 2.45) is 0 Å². The van der Waals surface area contributed by atoms with E-state index in [1.165, 1.54) is 0 Å². The Kier molecular flexibility index (Phi) is 4.20. The summed E-state index contributed by atoms with van der Waals surface area (Å²) in [4.78, 5) is 16.3. The zero-order valence-electron chi connectivity index (χ0n) is 13.7. The molecule has 6 heteroatoms. The molecule has 0 fully saturated rings. The van der Waals surface area contributed by atoms with Crippen LogP contribution in [0.1, 0.15) is 20.8 Å². The zero-order valence-corrected chi connectivity index (χ0v) is 14.5. The number of fused-ring (bicyclic) bond motifs is 1. The number of ether oxygens (including phenoxy) is 1. The standard InChI is InChI=1S/C18H18ClN3O2/c1-18(2,3)24-17(23)21-14-6-4-5-12(9-14)15-11-20-16-10-13(19)7-8-22(15)16/h4-11H,1-3H3,(H,21,23). The number of aromatic nitrogens is 2. The molecule has 1 amide bonds. The molecule has 0 aliphatic rings. The van der Waals surface area contributed by atoms with E-state index in [-0.39, 0.29) is 0 Å². The van der Waals surface area contributed by atoms with Crippen molar-refractivity contribution in [3.05, 3.63) is 53.8 Å². The molecule has 0 saturated heterocycles. The zero-order chi connectivity index (χ0) is 17.3. The molecule has 2 heterocycles. The SMILES string of the molecule is CC(C)(C)OC(=O)Nc1cccc(-c2cnc3cc(Cl)ccn23)c1. The summed E-state index contributed by atoms with van der Waals surface area (Å²) in [6.45, 7) is 5.48. The highest BCUT2D eigenvalue weighted by Gasteiger charge is 2.16. The van der Waals surface area contributed by atoms with Gasteiger partial charge in [-0.2, -0.15) is 0 Å². The van der Waals surface area contributed by atoms with Gasteiger partial charge >= 0.3 is 6.09 Å². The van der Waals surface area contributed by atoms with Crippen LogP contribution < -0.4 is 5.32 Å². The van der Waals surface area contributed by atoms with Crippen molar-refractivity contribution < 1.29 is 9.53 Å². The first-order valence-corrected chi connectivity index (χ1v) is 7.93. The molecule has 3 rings (SSSR count). The maximum absolute atomic E-state index is 11.9. The average Bonchev–Trinajstić information content (AvgIpc) is 2.88. The highest BCUT2D eigenvalue weighted by atomic mass is 35.5. The quantitative estimate of drug-likeness (QED) is 0.712. The predicted molar refractivity (Wildman–Crippen MR) is 95.5 cm³/mol. The molecule has 1 N–H and O–H groups in total. The summed E-state index contributed by atoms with van der Waals surface area (Å²) in [5.74, 6) is 0. The number of hydrogen-bond donors (Lipinski definition) is 1. The Labute approximate surface area is 145 Å². The van der Waals surface area contributed by atoms with Crippen LogP contribution in [0.25, 0.3) is 16.9 Å². The Bertz CT molecular complexity index is 897. The van der Waals surface area contributed by atoms with Crippen LogP contribution in [0.5, 0.6) is 0 Å². The average molecular weight is 344 g/mol. The molecule has 124 valence electrons. The van der Waals surface area contributed by atoms with Crippen molar-refractivity contribution in [1.29, 1.82) is 0 Å². The van der Waals surface area contributed by atoms with Crippen LogP contribution in [0, 0.1) is 0 Å². The number of benzene rings is 1. The molecule has 1 aromatic carbocycles. The van der Waals surface area contributed by atoms with E-state index in [1.807, 2.05) is 61.7 Å². The van der Waals surface area contributed by atoms with E-state index < -0.39 is 11.7 Å². The van der Waals surface area contributed by atoms with Gasteiger partial charge in [-0.3, -0.25) is 9.72 Å². The monoisotopic (exact) mass is 343 g/mol. The lowest BCUT2D eigenvalue weighted by Gasteiger charge is -2.19. The number of halogens is 1. The van der Waals surface area contributed by atoms with Crippen LogP contribution in [0.2, 0.25) is 5.02 Å². The minimum Gasteiger partial charge on any atom is -0.444 e. The molecule has 3 aromatic rings. The van der Waals surface area contributed by atoms with Gasteiger partial charge in [0, 0.05) is 28.5 Å². The fourth-order valence-electron chi connectivity index (χ4n) is 2.35. The molecular formula is C18H18ClN3O2. The third kappa shape index (κ3) is 3.68. The van der Waals surface area contributed by atoms with Gasteiger partial charge in [-0.1, -0.05) is 23.7 Å². The summed E-state index contributed by atoms with van der Waals surface area (Å²) in [6.07, 6.45) is 3.16. The summed E-state index contributed by atoms with van der Waals surface area (Å²) in [6, 6.07) is 11.1. The van der Waals surface area contributed by atoms with Gasteiger partial charge in [-0.05, 0) is 39.0 Å². The number of carbonyl (C=O) groups excluding carboxylic acids is 1. The van der Waals surface area contributed by atoms with Gasteiger partial charge < -0.3 is 4.74 Å². The van der Waals surface area contributed by atoms with Crippen molar-refractivity contribution >= 4 is 29.0 Å². The number of nitrogens with one attached hydrogen (secondary N) is 1. The highest BCUT2D eigenvalue weighted by molar-refractivity contribution is 6.30. The van der Waals surface area contributed by atoms with Crippen LogP contribution in [0.4, 0.5) is 10.5 Å². The van der Waals surface area contributed by atoms with Crippen molar-refractivity contribution in [3.63, 3.8) is 0 Å². The molecule has 0 aliphatic heterocycles. The van der Waals surface area contributed by atoms with E-state index in [2.05, 4.69) is 10.3 Å². The van der Waals surface area contributed by atoms with Crippen LogP contribution in [0.15, 0.2) is 48.8 Å². The van der Waals surface area contributed by atoms with Gasteiger partial charge in [-0.15, -0.1) is 0 Å². The molecule has 24 heavy (non-hydrogen) atoms. The molecule has 0 spiro atoms. The molecule has 5 nitrogen and oxygen atoms in total. The summed E-state index contributed by atoms with van der Waals surface area (Å²) in [5.41, 5.74) is 2.73. The lowest BCUT2D eigenvalue weighted by atomic mass is 10.1. The van der Waals surface area contributed by atoms with E-state index >= 15 is 0 Å². The summed E-state index contributed by atoms with van der Waals surface area (Å²) >= 11 is 5.99. The Balaban J connectivity index is 1.88. The van der Waals surface area contributed by atoms with Crippen LogP contribution in [0.3, 0.4) is 0 Å². The lowest BCUT2D eigenvalue weighted by molar-refractivity contribution is 0.0636. The van der Waals surface area contributed by atoms with Crippen LogP contribution >= 0.6 is 11.6 Å². The van der Waals surface area contributed by atoms with Gasteiger partial charge in [0.15, 0.2) is 0 Å². The minimum absolute atomic E-state index is 0.482. The summed E-state index contributed by atoms with van der Waals surface area (Å²) < 4.78 is 7.22. The van der Waals surface area contributed by atoms with Crippen LogP contribution in [-0.4, -0.2) is 21.1 Å². The predicted octanol–water partition coefficient (Wildman–Crippen LogP) is 5.00. The molecule has 0 atom stereocenters. The second-order valence-electron chi connectivity index (χ2n) is 6.42. The summed E-state index contributed by atoms with van der Waals surface area (Å²) in [5, 5.41) is 3.38. The van der Waals surface area contributed by atoms with E-state index in [0.29, 0.717) is 10.7 Å². The second-order valence-corrected chi connectivity index (χ2v) is 6.86. The fourth-order valence-corrected chi connectivity index (χ4v) is 2.50. The lowest BCUT2D eigenvalue weighted by Crippen LogP contribution is -2.27. The first kappa shape index (κ1) is 16.3. The van der Waals surface area contributed by atoms with Crippen molar-refractivity contribution in [2.75, 3.05) is 5.32 Å².